The number of benzene rings is 1. The van der Waals surface area contributed by atoms with E-state index < -0.39 is 5.97 Å². The van der Waals surface area contributed by atoms with Crippen LogP contribution in [0.2, 0.25) is 5.02 Å². The Balaban J connectivity index is 2.07. The molecule has 1 aromatic carbocycles. The van der Waals surface area contributed by atoms with Gasteiger partial charge in [-0.25, -0.2) is 14.4 Å². The number of imidazole rings is 1. The molecule has 3 heterocycles. The Kier molecular flexibility index (Phi) is 4.89. The third kappa shape index (κ3) is 3.19. The van der Waals surface area contributed by atoms with Crippen LogP contribution >= 0.6 is 11.6 Å². The van der Waals surface area contributed by atoms with Crippen LogP contribution in [0.15, 0.2) is 35.1 Å². The van der Waals surface area contributed by atoms with Gasteiger partial charge in [0.2, 0.25) is 0 Å². The number of pyridine rings is 1. The van der Waals surface area contributed by atoms with E-state index in [4.69, 9.17) is 31.7 Å². The number of nitrogens with zero attached hydrogens (tertiary/aromatic N) is 5. The van der Waals surface area contributed by atoms with Gasteiger partial charge in [0, 0.05) is 23.3 Å². The fourth-order valence-corrected chi connectivity index (χ4v) is 3.38. The monoisotopic (exact) mass is 412 g/mol. The van der Waals surface area contributed by atoms with Gasteiger partial charge in [-0.2, -0.15) is 0 Å². The Morgan fingerprint density at radius 2 is 2.10 bits per heavy atom. The first-order valence-corrected chi connectivity index (χ1v) is 9.33. The molecule has 4 rings (SSSR count). The van der Waals surface area contributed by atoms with Crippen molar-refractivity contribution in [1.82, 2.24) is 24.8 Å². The number of carbonyl (C=O) groups excluding carboxylic acids is 1. The maximum atomic E-state index is 12.6. The second-order valence-electron chi connectivity index (χ2n) is 6.13. The molecule has 3 aromatic heterocycles. The lowest BCUT2D eigenvalue weighted by Crippen LogP contribution is -2.09. The molecule has 0 radical (unpaired) electrons. The largest absolute Gasteiger partial charge is 0.462 e. The Hall–Kier alpha value is -3.46. The molecule has 0 atom stereocenters. The van der Waals surface area contributed by atoms with Gasteiger partial charge in [-0.1, -0.05) is 23.7 Å². The highest BCUT2D eigenvalue weighted by Crippen LogP contribution is 2.34. The van der Waals surface area contributed by atoms with Crippen molar-refractivity contribution in [2.45, 2.75) is 20.4 Å². The molecule has 4 aromatic rings. The Bertz CT molecular complexity index is 1220. The van der Waals surface area contributed by atoms with Crippen molar-refractivity contribution in [3.63, 3.8) is 0 Å². The molecule has 0 aliphatic rings. The fraction of sp³-hybridized carbons (Fsp3) is 0.211. The van der Waals surface area contributed by atoms with E-state index in [2.05, 4.69) is 15.3 Å². The van der Waals surface area contributed by atoms with Crippen molar-refractivity contribution >= 4 is 34.4 Å². The minimum Gasteiger partial charge on any atom is -0.462 e. The molecule has 10 heteroatoms. The molecule has 0 aliphatic heterocycles. The highest BCUT2D eigenvalue weighted by Gasteiger charge is 2.26. The summed E-state index contributed by atoms with van der Waals surface area (Å²) in [6, 6.07) is 7.24. The number of esters is 1. The van der Waals surface area contributed by atoms with E-state index in [-0.39, 0.29) is 18.1 Å². The Morgan fingerprint density at radius 3 is 2.76 bits per heavy atom. The van der Waals surface area contributed by atoms with E-state index in [9.17, 15) is 4.79 Å². The summed E-state index contributed by atoms with van der Waals surface area (Å²) in [5.41, 5.74) is 8.86. The summed E-state index contributed by atoms with van der Waals surface area (Å²) in [5.74, 6) is 0.0306. The predicted molar refractivity (Wildman–Crippen MR) is 107 cm³/mol. The Morgan fingerprint density at radius 1 is 1.28 bits per heavy atom. The number of fused-ring (bicyclic) bond motifs is 1. The smallest absolute Gasteiger partial charge is 0.341 e. The Labute approximate surface area is 170 Å². The van der Waals surface area contributed by atoms with Crippen LogP contribution in [0.5, 0.6) is 0 Å². The molecule has 0 amide bonds. The maximum Gasteiger partial charge on any atom is 0.341 e. The molecule has 0 bridgehead atoms. The van der Waals surface area contributed by atoms with Crippen molar-refractivity contribution in [2.75, 3.05) is 12.3 Å². The normalized spacial score (nSPS) is 11.1. The number of rotatable bonds is 5. The summed E-state index contributed by atoms with van der Waals surface area (Å²) in [6.07, 6.45) is 1.48. The summed E-state index contributed by atoms with van der Waals surface area (Å²) >= 11 is 6.16. The number of aryl methyl sites for hydroxylation is 1. The molecule has 0 unspecified atom stereocenters. The minimum atomic E-state index is -0.491. The first-order valence-electron chi connectivity index (χ1n) is 8.95. The van der Waals surface area contributed by atoms with Gasteiger partial charge < -0.3 is 15.0 Å². The number of aromatic nitrogens is 5. The summed E-state index contributed by atoms with van der Waals surface area (Å²) in [7, 11) is 0. The zero-order chi connectivity index (χ0) is 20.5. The zero-order valence-electron chi connectivity index (χ0n) is 15.7. The van der Waals surface area contributed by atoms with E-state index in [0.717, 1.165) is 5.56 Å². The van der Waals surface area contributed by atoms with Crippen LogP contribution in [-0.2, 0) is 11.3 Å². The first-order chi connectivity index (χ1) is 14.0. The van der Waals surface area contributed by atoms with Crippen LogP contribution < -0.4 is 5.73 Å². The van der Waals surface area contributed by atoms with Crippen LogP contribution in [0, 0.1) is 0 Å². The van der Waals surface area contributed by atoms with Crippen molar-refractivity contribution < 1.29 is 14.2 Å². The molecule has 0 aliphatic carbocycles. The van der Waals surface area contributed by atoms with E-state index in [1.165, 1.54) is 6.20 Å². The van der Waals surface area contributed by atoms with Crippen molar-refractivity contribution in [2.24, 2.45) is 0 Å². The lowest BCUT2D eigenvalue weighted by atomic mass is 10.1. The summed E-state index contributed by atoms with van der Waals surface area (Å²) in [6.45, 7) is 4.39. The number of nitrogen functional groups attached to an aromatic ring is 1. The van der Waals surface area contributed by atoms with Crippen LogP contribution in [0.1, 0.15) is 24.2 Å². The molecule has 0 saturated heterocycles. The summed E-state index contributed by atoms with van der Waals surface area (Å²) < 4.78 is 11.8. The highest BCUT2D eigenvalue weighted by molar-refractivity contribution is 6.30. The molecular formula is C19H17ClN6O3. The predicted octanol–water partition coefficient (Wildman–Crippen LogP) is 3.58. The second kappa shape index (κ2) is 7.51. The van der Waals surface area contributed by atoms with E-state index in [1.807, 2.05) is 23.6 Å². The molecule has 29 heavy (non-hydrogen) atoms. The molecule has 0 saturated carbocycles. The van der Waals surface area contributed by atoms with Gasteiger partial charge in [0.15, 0.2) is 17.3 Å². The van der Waals surface area contributed by atoms with Crippen molar-refractivity contribution in [1.29, 1.82) is 0 Å². The van der Waals surface area contributed by atoms with Gasteiger partial charge in [-0.3, -0.25) is 4.98 Å². The first kappa shape index (κ1) is 18.9. The van der Waals surface area contributed by atoms with Gasteiger partial charge in [0.25, 0.3) is 0 Å². The van der Waals surface area contributed by atoms with Gasteiger partial charge in [0.05, 0.1) is 17.8 Å². The second-order valence-corrected chi connectivity index (χ2v) is 6.56. The average molecular weight is 413 g/mol. The van der Waals surface area contributed by atoms with Gasteiger partial charge >= 0.3 is 5.97 Å². The number of halogens is 1. The molecule has 2 N–H and O–H groups in total. The quantitative estimate of drug-likeness (QED) is 0.493. The SMILES string of the molecule is CCOC(=O)c1cnc(-c2cccc(Cl)c2)c2nc(-c3nonc3N)n(CC)c12. The van der Waals surface area contributed by atoms with E-state index in [1.54, 1.807) is 19.1 Å². The van der Waals surface area contributed by atoms with E-state index in [0.29, 0.717) is 39.7 Å². The molecule has 148 valence electrons. The number of hydrogen-bond acceptors (Lipinski definition) is 8. The standard InChI is InChI=1S/C19H17ClN6O3/c1-3-26-16-12(19(27)28-4-2)9-22-13(10-6-5-7-11(20)8-10)14(16)23-18(26)15-17(21)25-29-24-15/h5-9H,3-4H2,1-2H3,(H2,21,25). The lowest BCUT2D eigenvalue weighted by Gasteiger charge is -2.10. The lowest BCUT2D eigenvalue weighted by molar-refractivity contribution is 0.0528. The van der Waals surface area contributed by atoms with Crippen LogP contribution in [-0.4, -0.2) is 37.4 Å². The van der Waals surface area contributed by atoms with Crippen molar-refractivity contribution in [3.8, 4) is 22.8 Å². The highest BCUT2D eigenvalue weighted by atomic mass is 35.5. The summed E-state index contributed by atoms with van der Waals surface area (Å²) in [4.78, 5) is 21.8. The number of nitrogens with two attached hydrogens (primary N) is 1. The average Bonchev–Trinajstić information content (AvgIpc) is 3.30. The van der Waals surface area contributed by atoms with E-state index >= 15 is 0 Å². The number of ether oxygens (including phenoxy) is 1. The third-order valence-electron chi connectivity index (χ3n) is 4.41. The number of hydrogen-bond donors (Lipinski definition) is 1. The molecular weight excluding hydrogens is 396 g/mol. The fourth-order valence-electron chi connectivity index (χ4n) is 3.19. The number of anilines is 1. The van der Waals surface area contributed by atoms with Gasteiger partial charge in [-0.15, -0.1) is 0 Å². The summed E-state index contributed by atoms with van der Waals surface area (Å²) in [5, 5.41) is 8.06. The van der Waals surface area contributed by atoms with Crippen molar-refractivity contribution in [3.05, 3.63) is 41.0 Å². The number of carbonyl (C=O) groups is 1. The van der Waals surface area contributed by atoms with Gasteiger partial charge in [0.1, 0.15) is 11.1 Å². The molecule has 9 nitrogen and oxygen atoms in total. The minimum absolute atomic E-state index is 0.102. The van der Waals surface area contributed by atoms with Crippen LogP contribution in [0.3, 0.4) is 0 Å². The molecule has 0 spiro atoms. The van der Waals surface area contributed by atoms with Crippen LogP contribution in [0.4, 0.5) is 5.82 Å². The maximum absolute atomic E-state index is 12.6. The molecule has 0 fully saturated rings. The third-order valence-corrected chi connectivity index (χ3v) is 4.64. The van der Waals surface area contributed by atoms with Crippen LogP contribution in [0.25, 0.3) is 33.8 Å². The topological polar surface area (TPSA) is 122 Å². The van der Waals surface area contributed by atoms with Gasteiger partial charge in [-0.05, 0) is 36.3 Å². The zero-order valence-corrected chi connectivity index (χ0v) is 16.5.